The number of anilines is 1. The van der Waals surface area contributed by atoms with E-state index >= 15 is 0 Å². The summed E-state index contributed by atoms with van der Waals surface area (Å²) >= 11 is 0. The molecule has 36 heavy (non-hydrogen) atoms. The zero-order chi connectivity index (χ0) is 24.9. The molecule has 3 aromatic carbocycles. The summed E-state index contributed by atoms with van der Waals surface area (Å²) in [6.45, 7) is 3.22. The number of benzene rings is 3. The minimum absolute atomic E-state index is 0.00993. The number of piperidine rings is 1. The lowest BCUT2D eigenvalue weighted by Gasteiger charge is -2.31. The van der Waals surface area contributed by atoms with E-state index in [1.807, 2.05) is 42.5 Å². The molecule has 1 aliphatic rings. The van der Waals surface area contributed by atoms with Crippen LogP contribution in [0.3, 0.4) is 0 Å². The SMILES string of the molecule is COc1ccc(Cn2c(CN3CCC(C(=O)Nc4ccccc4OC)CC3)nc3ccccc32)cc1. The molecule has 2 heterocycles. The molecule has 186 valence electrons. The molecule has 5 rings (SSSR count). The number of hydrogen-bond acceptors (Lipinski definition) is 5. The number of carbonyl (C=O) groups is 1. The molecule has 1 amide bonds. The van der Waals surface area contributed by atoms with E-state index in [0.29, 0.717) is 5.75 Å². The van der Waals surface area contributed by atoms with E-state index in [4.69, 9.17) is 14.5 Å². The average Bonchev–Trinajstić information content (AvgIpc) is 3.26. The van der Waals surface area contributed by atoms with Gasteiger partial charge in [-0.3, -0.25) is 9.69 Å². The van der Waals surface area contributed by atoms with Gasteiger partial charge in [0, 0.05) is 12.5 Å². The highest BCUT2D eigenvalue weighted by Gasteiger charge is 2.26. The molecule has 1 aromatic heterocycles. The quantitative estimate of drug-likeness (QED) is 0.383. The van der Waals surface area contributed by atoms with Crippen LogP contribution in [0.15, 0.2) is 72.8 Å². The normalized spacial score (nSPS) is 14.6. The van der Waals surface area contributed by atoms with Gasteiger partial charge in [0.15, 0.2) is 0 Å². The Bertz CT molecular complexity index is 1320. The molecular formula is C29H32N4O3. The molecule has 1 fully saturated rings. The predicted molar refractivity (Wildman–Crippen MR) is 141 cm³/mol. The molecule has 0 atom stereocenters. The van der Waals surface area contributed by atoms with E-state index in [9.17, 15) is 4.79 Å². The largest absolute Gasteiger partial charge is 0.497 e. The minimum atomic E-state index is -0.00993. The summed E-state index contributed by atoms with van der Waals surface area (Å²) in [6.07, 6.45) is 1.64. The second kappa shape index (κ2) is 10.8. The van der Waals surface area contributed by atoms with Crippen molar-refractivity contribution in [2.24, 2.45) is 5.92 Å². The molecule has 0 saturated carbocycles. The molecule has 1 aliphatic heterocycles. The number of amides is 1. The topological polar surface area (TPSA) is 68.6 Å². The molecule has 0 aliphatic carbocycles. The van der Waals surface area contributed by atoms with Crippen LogP contribution in [0.1, 0.15) is 24.2 Å². The lowest BCUT2D eigenvalue weighted by molar-refractivity contribution is -0.121. The number of aromatic nitrogens is 2. The van der Waals surface area contributed by atoms with Crippen LogP contribution in [0.2, 0.25) is 0 Å². The van der Waals surface area contributed by atoms with Crippen molar-refractivity contribution in [2.75, 3.05) is 32.6 Å². The molecule has 0 radical (unpaired) electrons. The Morgan fingerprint density at radius 2 is 1.64 bits per heavy atom. The van der Waals surface area contributed by atoms with E-state index in [1.165, 1.54) is 5.56 Å². The van der Waals surface area contributed by atoms with E-state index in [0.717, 1.165) is 67.3 Å². The Morgan fingerprint density at radius 1 is 0.917 bits per heavy atom. The summed E-state index contributed by atoms with van der Waals surface area (Å²) in [5.41, 5.74) is 4.06. The average molecular weight is 485 g/mol. The van der Waals surface area contributed by atoms with Gasteiger partial charge in [0.05, 0.1) is 37.5 Å². The standard InChI is InChI=1S/C29H32N4O3/c1-35-23-13-11-21(12-14-23)19-33-26-9-5-3-7-24(26)30-28(33)20-32-17-15-22(16-18-32)29(34)31-25-8-4-6-10-27(25)36-2/h3-14,22H,15-20H2,1-2H3,(H,31,34). The van der Waals surface area contributed by atoms with Gasteiger partial charge in [0.25, 0.3) is 0 Å². The third-order valence-corrected chi connectivity index (χ3v) is 6.92. The molecule has 0 bridgehead atoms. The minimum Gasteiger partial charge on any atom is -0.497 e. The first kappa shape index (κ1) is 23.9. The number of imidazole rings is 1. The number of likely N-dealkylation sites (tertiary alicyclic amines) is 1. The lowest BCUT2D eigenvalue weighted by atomic mass is 9.95. The lowest BCUT2D eigenvalue weighted by Crippen LogP contribution is -2.38. The number of nitrogens with one attached hydrogen (secondary N) is 1. The molecule has 1 saturated heterocycles. The number of ether oxygens (including phenoxy) is 2. The number of nitrogens with zero attached hydrogens (tertiary/aromatic N) is 3. The molecule has 7 nitrogen and oxygen atoms in total. The highest BCUT2D eigenvalue weighted by Crippen LogP contribution is 2.27. The predicted octanol–water partition coefficient (Wildman–Crippen LogP) is 4.95. The molecule has 1 N–H and O–H groups in total. The highest BCUT2D eigenvalue weighted by molar-refractivity contribution is 5.94. The molecular weight excluding hydrogens is 452 g/mol. The van der Waals surface area contributed by atoms with Crippen LogP contribution in [-0.2, 0) is 17.9 Å². The van der Waals surface area contributed by atoms with Gasteiger partial charge < -0.3 is 19.4 Å². The first-order valence-corrected chi connectivity index (χ1v) is 12.4. The van der Waals surface area contributed by atoms with Crippen molar-refractivity contribution in [3.05, 3.63) is 84.2 Å². The summed E-state index contributed by atoms with van der Waals surface area (Å²) in [5.74, 6) is 2.63. The van der Waals surface area contributed by atoms with Gasteiger partial charge in [-0.25, -0.2) is 4.98 Å². The summed E-state index contributed by atoms with van der Waals surface area (Å²) < 4.78 is 13.0. The highest BCUT2D eigenvalue weighted by atomic mass is 16.5. The fourth-order valence-electron chi connectivity index (χ4n) is 4.87. The number of fused-ring (bicyclic) bond motifs is 1. The van der Waals surface area contributed by atoms with Crippen molar-refractivity contribution in [3.63, 3.8) is 0 Å². The van der Waals surface area contributed by atoms with Crippen LogP contribution in [0.5, 0.6) is 11.5 Å². The van der Waals surface area contributed by atoms with Crippen LogP contribution >= 0.6 is 0 Å². The van der Waals surface area contributed by atoms with E-state index in [1.54, 1.807) is 14.2 Å². The fraction of sp³-hybridized carbons (Fsp3) is 0.310. The maximum absolute atomic E-state index is 12.9. The maximum Gasteiger partial charge on any atom is 0.227 e. The summed E-state index contributed by atoms with van der Waals surface area (Å²) in [7, 11) is 3.30. The Morgan fingerprint density at radius 3 is 2.39 bits per heavy atom. The van der Waals surface area contributed by atoms with Crippen LogP contribution < -0.4 is 14.8 Å². The number of para-hydroxylation sites is 4. The van der Waals surface area contributed by atoms with Gasteiger partial charge in [-0.2, -0.15) is 0 Å². The maximum atomic E-state index is 12.9. The van der Waals surface area contributed by atoms with Gasteiger partial charge in [-0.15, -0.1) is 0 Å². The first-order valence-electron chi connectivity index (χ1n) is 12.4. The van der Waals surface area contributed by atoms with Crippen molar-refractivity contribution in [2.45, 2.75) is 25.9 Å². The zero-order valence-electron chi connectivity index (χ0n) is 20.8. The number of rotatable bonds is 8. The third-order valence-electron chi connectivity index (χ3n) is 6.92. The number of hydrogen-bond donors (Lipinski definition) is 1. The monoisotopic (exact) mass is 484 g/mol. The van der Waals surface area contributed by atoms with Gasteiger partial charge in [-0.1, -0.05) is 36.4 Å². The van der Waals surface area contributed by atoms with Gasteiger partial charge in [0.1, 0.15) is 17.3 Å². The molecule has 4 aromatic rings. The molecule has 0 unspecified atom stereocenters. The van der Waals surface area contributed by atoms with E-state index in [2.05, 4.69) is 45.1 Å². The smallest absolute Gasteiger partial charge is 0.227 e. The van der Waals surface area contributed by atoms with Crippen LogP contribution in [0.4, 0.5) is 5.69 Å². The van der Waals surface area contributed by atoms with Crippen molar-refractivity contribution in [1.82, 2.24) is 14.5 Å². The third kappa shape index (κ3) is 5.21. The zero-order valence-corrected chi connectivity index (χ0v) is 20.8. The summed E-state index contributed by atoms with van der Waals surface area (Å²) in [5, 5.41) is 3.05. The molecule has 7 heteroatoms. The van der Waals surface area contributed by atoms with E-state index < -0.39 is 0 Å². The van der Waals surface area contributed by atoms with E-state index in [-0.39, 0.29) is 11.8 Å². The first-order chi connectivity index (χ1) is 17.6. The van der Waals surface area contributed by atoms with Crippen molar-refractivity contribution in [1.29, 1.82) is 0 Å². The van der Waals surface area contributed by atoms with Crippen molar-refractivity contribution >= 4 is 22.6 Å². The van der Waals surface area contributed by atoms with Crippen molar-refractivity contribution in [3.8, 4) is 11.5 Å². The summed E-state index contributed by atoms with van der Waals surface area (Å²) in [6, 6.07) is 24.0. The van der Waals surface area contributed by atoms with Crippen LogP contribution in [-0.4, -0.2) is 47.7 Å². The Labute approximate surface area is 211 Å². The number of carbonyl (C=O) groups excluding carboxylic acids is 1. The second-order valence-corrected chi connectivity index (χ2v) is 9.19. The van der Waals surface area contributed by atoms with Gasteiger partial charge in [-0.05, 0) is 67.9 Å². The fourth-order valence-corrected chi connectivity index (χ4v) is 4.87. The van der Waals surface area contributed by atoms with Crippen molar-refractivity contribution < 1.29 is 14.3 Å². The number of methoxy groups -OCH3 is 2. The van der Waals surface area contributed by atoms with Gasteiger partial charge >= 0.3 is 0 Å². The Kier molecular flexibility index (Phi) is 7.18. The van der Waals surface area contributed by atoms with Crippen LogP contribution in [0.25, 0.3) is 11.0 Å². The molecule has 0 spiro atoms. The Hall–Kier alpha value is -3.84. The van der Waals surface area contributed by atoms with Crippen LogP contribution in [0, 0.1) is 5.92 Å². The van der Waals surface area contributed by atoms with Gasteiger partial charge in [0.2, 0.25) is 5.91 Å². The second-order valence-electron chi connectivity index (χ2n) is 9.19. The summed E-state index contributed by atoms with van der Waals surface area (Å²) in [4.78, 5) is 20.3. The Balaban J connectivity index is 1.26.